The molecule has 1 fully saturated rings. The molecule has 10 heteroatoms. The van der Waals surface area contributed by atoms with Crippen LogP contribution < -0.4 is 10.2 Å². The Balaban J connectivity index is 1.51. The van der Waals surface area contributed by atoms with Crippen LogP contribution >= 0.6 is 34.8 Å². The van der Waals surface area contributed by atoms with E-state index in [1.54, 1.807) is 29.4 Å². The Morgan fingerprint density at radius 1 is 0.974 bits per heavy atom. The number of H-pyrrole nitrogens is 1. The lowest BCUT2D eigenvalue weighted by Gasteiger charge is -2.34. The Labute approximate surface area is 241 Å². The van der Waals surface area contributed by atoms with E-state index >= 15 is 0 Å². The van der Waals surface area contributed by atoms with Gasteiger partial charge in [0.15, 0.2) is 0 Å². The molecule has 1 unspecified atom stereocenters. The summed E-state index contributed by atoms with van der Waals surface area (Å²) in [5.41, 5.74) is 5.85. The van der Waals surface area contributed by atoms with Gasteiger partial charge in [-0.25, -0.2) is 9.78 Å². The van der Waals surface area contributed by atoms with Crippen LogP contribution in [-0.2, 0) is 13.1 Å². The molecule has 3 N–H and O–H groups in total. The number of fused-ring (bicyclic) bond motifs is 1. The second-order valence-corrected chi connectivity index (χ2v) is 11.2. The van der Waals surface area contributed by atoms with Gasteiger partial charge in [-0.2, -0.15) is 0 Å². The minimum Gasteiger partial charge on any atom is -0.396 e. The molecule has 4 aromatic rings. The number of carbonyl (C=O) groups is 1. The van der Waals surface area contributed by atoms with Crippen LogP contribution in [0.2, 0.25) is 15.1 Å². The fourth-order valence-corrected chi connectivity index (χ4v) is 6.54. The molecule has 3 aromatic carbocycles. The van der Waals surface area contributed by atoms with Crippen molar-refractivity contribution in [2.45, 2.75) is 19.0 Å². The second kappa shape index (κ2) is 10.8. The van der Waals surface area contributed by atoms with Crippen molar-refractivity contribution in [1.82, 2.24) is 20.2 Å². The van der Waals surface area contributed by atoms with Crippen LogP contribution in [0.25, 0.3) is 11.1 Å². The van der Waals surface area contributed by atoms with Crippen LogP contribution in [0.15, 0.2) is 67.1 Å². The molecule has 2 aliphatic rings. The zero-order valence-corrected chi connectivity index (χ0v) is 23.1. The number of imidazole rings is 1. The number of hydrogen-bond donors (Lipinski definition) is 3. The van der Waals surface area contributed by atoms with Crippen molar-refractivity contribution >= 4 is 52.2 Å². The van der Waals surface area contributed by atoms with E-state index in [1.807, 2.05) is 36.5 Å². The van der Waals surface area contributed by atoms with Gasteiger partial charge in [0.2, 0.25) is 0 Å². The van der Waals surface area contributed by atoms with Gasteiger partial charge >= 0.3 is 6.03 Å². The molecule has 7 nitrogen and oxygen atoms in total. The Hall–Kier alpha value is -3.07. The number of aliphatic hydroxyl groups is 1. The Bertz CT molecular complexity index is 1510. The summed E-state index contributed by atoms with van der Waals surface area (Å²) in [6.07, 6.45) is 3.49. The molecule has 1 saturated heterocycles. The number of aromatic nitrogens is 2. The molecule has 6 rings (SSSR count). The molecule has 3 heterocycles. The molecule has 200 valence electrons. The van der Waals surface area contributed by atoms with Crippen molar-refractivity contribution in [1.29, 1.82) is 0 Å². The molecule has 2 atom stereocenters. The largest absolute Gasteiger partial charge is 0.396 e. The van der Waals surface area contributed by atoms with Crippen molar-refractivity contribution in [2.75, 3.05) is 24.6 Å². The number of aromatic amines is 1. The van der Waals surface area contributed by atoms with Crippen molar-refractivity contribution in [3.05, 3.63) is 99.0 Å². The van der Waals surface area contributed by atoms with Crippen molar-refractivity contribution in [3.8, 4) is 11.1 Å². The first-order valence-corrected chi connectivity index (χ1v) is 13.8. The van der Waals surface area contributed by atoms with E-state index in [-0.39, 0.29) is 24.5 Å². The van der Waals surface area contributed by atoms with Crippen LogP contribution in [0.3, 0.4) is 0 Å². The number of likely N-dealkylation sites (tertiary alicyclic amines) is 1. The zero-order valence-electron chi connectivity index (χ0n) is 20.9. The molecule has 0 spiro atoms. The number of aliphatic hydroxyl groups excluding tert-OH is 1. The van der Waals surface area contributed by atoms with Crippen LogP contribution in [0.5, 0.6) is 0 Å². The van der Waals surface area contributed by atoms with Gasteiger partial charge in [-0.15, -0.1) is 0 Å². The molecular formula is C29H26Cl3N5O2. The van der Waals surface area contributed by atoms with E-state index in [4.69, 9.17) is 34.8 Å². The van der Waals surface area contributed by atoms with Gasteiger partial charge in [-0.1, -0.05) is 65.1 Å². The maximum absolute atomic E-state index is 13.4. The van der Waals surface area contributed by atoms with Gasteiger partial charge in [0, 0.05) is 72.7 Å². The SMILES string of the molecule is O=C1NCc2c(-c3ccccc3Cl)cc(C3CN(Cc4cnc[nH]4)C[C@@H]3CO)cc2N1c1c(Cl)cccc1Cl. The summed E-state index contributed by atoms with van der Waals surface area (Å²) in [7, 11) is 0. The van der Waals surface area contributed by atoms with Gasteiger partial charge in [0.25, 0.3) is 0 Å². The summed E-state index contributed by atoms with van der Waals surface area (Å²) in [5, 5.41) is 14.7. The third kappa shape index (κ3) is 4.90. The number of nitrogens with one attached hydrogen (secondary N) is 2. The third-order valence-electron chi connectivity index (χ3n) is 7.56. The topological polar surface area (TPSA) is 84.5 Å². The molecule has 0 bridgehead atoms. The lowest BCUT2D eigenvalue weighted by Crippen LogP contribution is -2.42. The van der Waals surface area contributed by atoms with E-state index in [0.29, 0.717) is 39.5 Å². The standard InChI is InChI=1S/C29H26Cl3N5O2/c30-24-5-2-1-4-20(24)21-8-17(23-14-36(12-18(23)15-38)13-19-10-33-16-35-19)9-27-22(21)11-34-29(39)37(27)28-25(31)6-3-7-26(28)32/h1-10,16,18,23,38H,11-15H2,(H,33,35)(H,34,39)/t18-,23?/m1/s1. The highest BCUT2D eigenvalue weighted by atomic mass is 35.5. The number of hydrogen-bond acceptors (Lipinski definition) is 4. The lowest BCUT2D eigenvalue weighted by atomic mass is 9.85. The molecule has 39 heavy (non-hydrogen) atoms. The zero-order chi connectivity index (χ0) is 27.1. The molecule has 0 aliphatic carbocycles. The fraction of sp³-hybridized carbons (Fsp3) is 0.241. The monoisotopic (exact) mass is 581 g/mol. The maximum Gasteiger partial charge on any atom is 0.326 e. The minimum atomic E-state index is -0.314. The van der Waals surface area contributed by atoms with E-state index in [1.165, 1.54) is 0 Å². The first-order chi connectivity index (χ1) is 18.9. The summed E-state index contributed by atoms with van der Waals surface area (Å²) < 4.78 is 0. The number of urea groups is 1. The average molecular weight is 583 g/mol. The van der Waals surface area contributed by atoms with Gasteiger partial charge in [-0.3, -0.25) is 9.80 Å². The van der Waals surface area contributed by atoms with E-state index in [0.717, 1.165) is 41.0 Å². The highest BCUT2D eigenvalue weighted by Crippen LogP contribution is 2.46. The number of nitrogens with zero attached hydrogens (tertiary/aromatic N) is 3. The number of para-hydroxylation sites is 1. The molecule has 1 aromatic heterocycles. The Kier molecular flexibility index (Phi) is 7.27. The van der Waals surface area contributed by atoms with Gasteiger partial charge in [0.1, 0.15) is 0 Å². The molecule has 2 aliphatic heterocycles. The molecule has 0 radical (unpaired) electrons. The van der Waals surface area contributed by atoms with Crippen LogP contribution in [-0.4, -0.2) is 45.7 Å². The highest BCUT2D eigenvalue weighted by Gasteiger charge is 2.37. The summed E-state index contributed by atoms with van der Waals surface area (Å²) in [6.45, 7) is 2.55. The van der Waals surface area contributed by atoms with E-state index < -0.39 is 0 Å². The quantitative estimate of drug-likeness (QED) is 0.239. The number of anilines is 2. The first-order valence-electron chi connectivity index (χ1n) is 12.7. The summed E-state index contributed by atoms with van der Waals surface area (Å²) >= 11 is 19.9. The van der Waals surface area contributed by atoms with Crippen molar-refractivity contribution in [2.24, 2.45) is 5.92 Å². The van der Waals surface area contributed by atoms with Gasteiger partial charge in [0.05, 0.1) is 27.7 Å². The van der Waals surface area contributed by atoms with Crippen LogP contribution in [0, 0.1) is 5.92 Å². The molecule has 0 saturated carbocycles. The fourth-order valence-electron chi connectivity index (χ4n) is 5.74. The van der Waals surface area contributed by atoms with Crippen molar-refractivity contribution < 1.29 is 9.90 Å². The van der Waals surface area contributed by atoms with Crippen LogP contribution in [0.4, 0.5) is 16.2 Å². The summed E-state index contributed by atoms with van der Waals surface area (Å²) in [6, 6.07) is 16.7. The highest BCUT2D eigenvalue weighted by molar-refractivity contribution is 6.40. The van der Waals surface area contributed by atoms with E-state index in [9.17, 15) is 9.90 Å². The summed E-state index contributed by atoms with van der Waals surface area (Å²) in [4.78, 5) is 24.5. The number of benzene rings is 3. The number of halogens is 3. The summed E-state index contributed by atoms with van der Waals surface area (Å²) in [5.74, 6) is 0.0397. The number of rotatable bonds is 6. The first kappa shape index (κ1) is 26.2. The predicted octanol–water partition coefficient (Wildman–Crippen LogP) is 6.61. The predicted molar refractivity (Wildman–Crippen MR) is 155 cm³/mol. The molecular weight excluding hydrogens is 557 g/mol. The maximum atomic E-state index is 13.4. The normalized spacial score (nSPS) is 19.3. The second-order valence-electron chi connectivity index (χ2n) is 9.93. The number of carbonyl (C=O) groups excluding carboxylic acids is 1. The van der Waals surface area contributed by atoms with Crippen LogP contribution in [0.1, 0.15) is 22.7 Å². The lowest BCUT2D eigenvalue weighted by molar-refractivity contribution is 0.213. The smallest absolute Gasteiger partial charge is 0.326 e. The van der Waals surface area contributed by atoms with E-state index in [2.05, 4.69) is 26.3 Å². The Morgan fingerprint density at radius 3 is 2.46 bits per heavy atom. The number of amides is 2. The minimum absolute atomic E-state index is 0.0137. The molecule has 2 amide bonds. The van der Waals surface area contributed by atoms with Gasteiger partial charge < -0.3 is 15.4 Å². The Morgan fingerprint density at radius 2 is 1.74 bits per heavy atom. The third-order valence-corrected chi connectivity index (χ3v) is 8.50. The van der Waals surface area contributed by atoms with Gasteiger partial charge in [-0.05, 0) is 35.4 Å². The van der Waals surface area contributed by atoms with Crippen molar-refractivity contribution in [3.63, 3.8) is 0 Å². The average Bonchev–Trinajstić information content (AvgIpc) is 3.59.